The molecule has 7 N–H and O–H groups in total. The summed E-state index contributed by atoms with van der Waals surface area (Å²) in [7, 11) is -2.73. The third kappa shape index (κ3) is 25.3. The zero-order valence-corrected chi connectivity index (χ0v) is 49.0. The maximum absolute atomic E-state index is 14.7. The quantitative estimate of drug-likeness (QED) is 0.0230. The SMILES string of the molecule is COC(=O)[C@H](CCC(=O)N[C@@H](CCCCNC(=O)C(F)(F)F)C(=O)N[C@H](C)C(=O)N[C@H](C)C(=O)OC)NC(=O)[C@H](C)NC(=O)[C@@H](C)O[C@@H]1[C@@H](NC(C)=O)[C@@H](OP(=O)(OCc2ccccc2)OCc2ccccc2)O[C@H](COC(C)=O)[C@H]1OC(C)=O. The second kappa shape index (κ2) is 35.0. The van der Waals surface area contributed by atoms with Gasteiger partial charge in [-0.25, -0.2) is 14.2 Å². The number of halogens is 3. The van der Waals surface area contributed by atoms with Crippen molar-refractivity contribution < 1.29 is 112 Å². The van der Waals surface area contributed by atoms with Crippen molar-refractivity contribution in [1.82, 2.24) is 37.2 Å². The van der Waals surface area contributed by atoms with Crippen LogP contribution in [0.2, 0.25) is 0 Å². The molecule has 85 heavy (non-hydrogen) atoms. The summed E-state index contributed by atoms with van der Waals surface area (Å²) >= 11 is 0. The molecule has 28 nitrogen and oxygen atoms in total. The third-order valence-corrected chi connectivity index (χ3v) is 13.5. The summed E-state index contributed by atoms with van der Waals surface area (Å²) in [6.45, 7) is 6.39. The highest BCUT2D eigenvalue weighted by Crippen LogP contribution is 2.53. The molecule has 1 heterocycles. The average Bonchev–Trinajstić information content (AvgIpc) is 3.08. The Bertz CT molecular complexity index is 2610. The zero-order valence-electron chi connectivity index (χ0n) is 48.1. The molecule has 472 valence electrons. The van der Waals surface area contributed by atoms with Crippen molar-refractivity contribution in [2.75, 3.05) is 27.4 Å². The van der Waals surface area contributed by atoms with Crippen LogP contribution in [-0.4, -0.2) is 166 Å². The Morgan fingerprint density at radius 2 is 1.18 bits per heavy atom. The first-order chi connectivity index (χ1) is 40.0. The van der Waals surface area contributed by atoms with Crippen molar-refractivity contribution in [1.29, 1.82) is 0 Å². The lowest BCUT2D eigenvalue weighted by molar-refractivity contribution is -0.268. The van der Waals surface area contributed by atoms with Crippen LogP contribution in [0.5, 0.6) is 0 Å². The van der Waals surface area contributed by atoms with Crippen LogP contribution in [0.3, 0.4) is 0 Å². The molecule has 11 atom stereocenters. The van der Waals surface area contributed by atoms with Crippen LogP contribution >= 0.6 is 7.82 Å². The van der Waals surface area contributed by atoms with E-state index in [1.165, 1.54) is 27.7 Å². The first kappa shape index (κ1) is 71.7. The number of phosphoric ester groups is 1. The lowest BCUT2D eigenvalue weighted by Crippen LogP contribution is -2.67. The standard InChI is InChI=1S/C53H73F3N7O21P/c1-29(45(68)60-31(3)49(72)76-8)59-48(71)38(22-16-17-25-57-52(74)53(54,55)56)62-41(67)24-23-39(50(73)77-9)63-46(69)30(2)58-47(70)32(4)81-44-42(61-33(5)64)51(83-40(28-78-34(6)65)43(44)82-35(7)66)84-85(75,79-26-36-18-12-10-13-19-36)80-27-37-20-14-11-15-21-37/h10-15,18-21,29-32,38-40,42-44,51H,16-17,22-28H2,1-9H3,(H,57,74)(H,58,70)(H,59,71)(H,60,68)(H,61,64)(H,62,67)(H,63,69)/t29-,30+,31-,32-,38+,39+,40-,42-,43-,44-,51-/m1/s1. The first-order valence-corrected chi connectivity index (χ1v) is 28.0. The Labute approximate surface area is 487 Å². The number of esters is 4. The van der Waals surface area contributed by atoms with Crippen molar-refractivity contribution >= 4 is 73.1 Å². The van der Waals surface area contributed by atoms with E-state index in [1.807, 2.05) is 0 Å². The van der Waals surface area contributed by atoms with Gasteiger partial charge in [0.1, 0.15) is 61.2 Å². The van der Waals surface area contributed by atoms with Gasteiger partial charge in [0.2, 0.25) is 35.4 Å². The lowest BCUT2D eigenvalue weighted by atomic mass is 9.96. The summed E-state index contributed by atoms with van der Waals surface area (Å²) in [5.74, 6) is -11.3. The number of nitrogens with one attached hydrogen (secondary N) is 7. The minimum Gasteiger partial charge on any atom is -0.467 e. The molecule has 1 fully saturated rings. The molecule has 32 heteroatoms. The molecule has 0 aliphatic carbocycles. The highest BCUT2D eigenvalue weighted by molar-refractivity contribution is 7.48. The summed E-state index contributed by atoms with van der Waals surface area (Å²) in [6, 6.07) is 8.36. The molecule has 0 unspecified atom stereocenters. The molecule has 1 aliphatic heterocycles. The van der Waals surface area contributed by atoms with Gasteiger partial charge in [-0.3, -0.25) is 56.7 Å². The molecule has 3 rings (SSSR count). The minimum absolute atomic E-state index is 0.0486. The summed E-state index contributed by atoms with van der Waals surface area (Å²) in [4.78, 5) is 141. The van der Waals surface area contributed by atoms with Gasteiger partial charge >= 0.3 is 43.8 Å². The number of unbranched alkanes of at least 4 members (excludes halogenated alkanes) is 1. The van der Waals surface area contributed by atoms with Crippen LogP contribution in [0.15, 0.2) is 60.7 Å². The third-order valence-electron chi connectivity index (χ3n) is 12.2. The molecule has 0 saturated carbocycles. The number of ether oxygens (including phenoxy) is 6. The predicted octanol–water partition coefficient (Wildman–Crippen LogP) is 1.50. The Balaban J connectivity index is 1.84. The fourth-order valence-electron chi connectivity index (χ4n) is 7.81. The fourth-order valence-corrected chi connectivity index (χ4v) is 9.06. The van der Waals surface area contributed by atoms with E-state index < -0.39 is 172 Å². The van der Waals surface area contributed by atoms with Gasteiger partial charge in [-0.15, -0.1) is 0 Å². The van der Waals surface area contributed by atoms with Crippen LogP contribution in [0.4, 0.5) is 13.2 Å². The van der Waals surface area contributed by atoms with E-state index >= 15 is 0 Å². The van der Waals surface area contributed by atoms with Crippen LogP contribution in [0, 0.1) is 0 Å². The molecule has 0 bridgehead atoms. The van der Waals surface area contributed by atoms with Crippen molar-refractivity contribution in [3.8, 4) is 0 Å². The topological polar surface area (TPSA) is 372 Å². The smallest absolute Gasteiger partial charge is 0.467 e. The number of methoxy groups -OCH3 is 2. The van der Waals surface area contributed by atoms with Crippen LogP contribution in [-0.2, 0) is 113 Å². The van der Waals surface area contributed by atoms with E-state index in [-0.39, 0.29) is 32.5 Å². The van der Waals surface area contributed by atoms with E-state index in [9.17, 15) is 70.5 Å². The van der Waals surface area contributed by atoms with Gasteiger partial charge in [0.25, 0.3) is 0 Å². The highest BCUT2D eigenvalue weighted by Gasteiger charge is 2.53. The van der Waals surface area contributed by atoms with Crippen LogP contribution < -0.4 is 37.2 Å². The van der Waals surface area contributed by atoms with Gasteiger partial charge in [0.05, 0.1) is 27.4 Å². The Hall–Kier alpha value is -7.57. The van der Waals surface area contributed by atoms with Gasteiger partial charge < -0.3 is 65.6 Å². The van der Waals surface area contributed by atoms with Gasteiger partial charge in [0.15, 0.2) is 12.4 Å². The number of amides is 7. The molecule has 1 saturated heterocycles. The Kier molecular flexibility index (Phi) is 29.5. The Morgan fingerprint density at radius 3 is 1.69 bits per heavy atom. The molecule has 0 radical (unpaired) electrons. The number of phosphoric acid groups is 1. The molecular weight excluding hydrogens is 1160 g/mol. The number of rotatable bonds is 33. The summed E-state index contributed by atoms with van der Waals surface area (Å²) in [5.41, 5.74) is 1.09. The lowest BCUT2D eigenvalue weighted by Gasteiger charge is -2.46. The monoisotopic (exact) mass is 1230 g/mol. The Morgan fingerprint density at radius 1 is 0.635 bits per heavy atom. The normalized spacial score (nSPS) is 18.8. The zero-order chi connectivity index (χ0) is 63.6. The molecule has 0 spiro atoms. The largest absolute Gasteiger partial charge is 0.477 e. The number of hydrogen-bond acceptors (Lipinski definition) is 21. The molecule has 2 aromatic carbocycles. The van der Waals surface area contributed by atoms with E-state index in [0.29, 0.717) is 11.1 Å². The minimum atomic E-state index is -5.15. The first-order valence-electron chi connectivity index (χ1n) is 26.5. The average molecular weight is 1230 g/mol. The molecule has 0 aromatic heterocycles. The van der Waals surface area contributed by atoms with E-state index in [4.69, 9.17) is 37.3 Å². The molecular formula is C53H73F3N7O21P. The van der Waals surface area contributed by atoms with E-state index in [0.717, 1.165) is 35.0 Å². The van der Waals surface area contributed by atoms with Crippen molar-refractivity contribution in [2.24, 2.45) is 0 Å². The maximum Gasteiger partial charge on any atom is 0.477 e. The van der Waals surface area contributed by atoms with Gasteiger partial charge in [-0.1, -0.05) is 60.7 Å². The predicted molar refractivity (Wildman–Crippen MR) is 287 cm³/mol. The molecule has 1 aliphatic rings. The van der Waals surface area contributed by atoms with Gasteiger partial charge in [0, 0.05) is 33.7 Å². The molecule has 2 aromatic rings. The van der Waals surface area contributed by atoms with Gasteiger partial charge in [-0.2, -0.15) is 13.2 Å². The van der Waals surface area contributed by atoms with E-state index in [2.05, 4.69) is 36.6 Å². The number of carbonyl (C=O) groups is 11. The number of carbonyl (C=O) groups excluding carboxylic acids is 11. The van der Waals surface area contributed by atoms with Crippen molar-refractivity contribution in [3.63, 3.8) is 0 Å². The van der Waals surface area contributed by atoms with Crippen molar-refractivity contribution in [2.45, 2.75) is 167 Å². The summed E-state index contributed by atoms with van der Waals surface area (Å²) in [6.07, 6.45) is -15.0. The number of alkyl halides is 3. The number of benzene rings is 2. The summed E-state index contributed by atoms with van der Waals surface area (Å²) < 4.78 is 103. The van der Waals surface area contributed by atoms with Crippen LogP contribution in [0.25, 0.3) is 0 Å². The van der Waals surface area contributed by atoms with Crippen LogP contribution in [0.1, 0.15) is 91.7 Å². The second-order valence-corrected chi connectivity index (χ2v) is 20.8. The van der Waals surface area contributed by atoms with E-state index in [1.54, 1.807) is 66.0 Å². The van der Waals surface area contributed by atoms with Crippen molar-refractivity contribution in [3.05, 3.63) is 71.8 Å². The summed E-state index contributed by atoms with van der Waals surface area (Å²) in [5, 5.41) is 16.1. The van der Waals surface area contributed by atoms with Gasteiger partial charge in [-0.05, 0) is 64.5 Å². The molecule has 7 amide bonds. The number of hydrogen-bond donors (Lipinski definition) is 7. The maximum atomic E-state index is 14.7. The highest BCUT2D eigenvalue weighted by atomic mass is 31.2. The second-order valence-electron chi connectivity index (χ2n) is 19.2. The fraction of sp³-hybridized carbons (Fsp3) is 0.566.